The SMILES string of the molecule is BrC1C2C[C]3CC(C2)CC1C3. The molecule has 4 fully saturated rings. The topological polar surface area (TPSA) is 0 Å². The minimum atomic E-state index is 0.878. The third-order valence-corrected chi connectivity index (χ3v) is 5.35. The van der Waals surface area contributed by atoms with Crippen molar-refractivity contribution >= 4 is 15.9 Å². The van der Waals surface area contributed by atoms with Gasteiger partial charge in [0.15, 0.2) is 0 Å². The summed E-state index contributed by atoms with van der Waals surface area (Å²) >= 11 is 3.87. The van der Waals surface area contributed by atoms with E-state index in [4.69, 9.17) is 0 Å². The molecule has 0 spiro atoms. The minimum absolute atomic E-state index is 0.878. The van der Waals surface area contributed by atoms with Gasteiger partial charge in [0.25, 0.3) is 0 Å². The molecule has 4 bridgehead atoms. The van der Waals surface area contributed by atoms with E-state index in [-0.39, 0.29) is 0 Å². The van der Waals surface area contributed by atoms with Crippen molar-refractivity contribution in [3.05, 3.63) is 5.92 Å². The number of halogens is 1. The molecule has 11 heavy (non-hydrogen) atoms. The Morgan fingerprint density at radius 1 is 1.00 bits per heavy atom. The molecule has 0 aliphatic heterocycles. The second-order valence-electron chi connectivity index (χ2n) is 4.66. The number of hydrogen-bond donors (Lipinski definition) is 0. The average Bonchev–Trinajstić information content (AvgIpc) is 1.98. The fourth-order valence-electron chi connectivity index (χ4n) is 3.56. The molecule has 0 aromatic heterocycles. The van der Waals surface area contributed by atoms with Gasteiger partial charge in [-0.25, -0.2) is 0 Å². The van der Waals surface area contributed by atoms with Crippen molar-refractivity contribution in [3.8, 4) is 0 Å². The summed E-state index contributed by atoms with van der Waals surface area (Å²) in [5, 5.41) is 0. The molecule has 4 aliphatic rings. The molecule has 0 nitrogen and oxygen atoms in total. The Morgan fingerprint density at radius 3 is 2.18 bits per heavy atom. The zero-order valence-electron chi connectivity index (χ0n) is 6.72. The molecule has 0 heterocycles. The average molecular weight is 214 g/mol. The summed E-state index contributed by atoms with van der Waals surface area (Å²) in [6.07, 6.45) is 7.46. The van der Waals surface area contributed by atoms with Crippen LogP contribution in [0.2, 0.25) is 0 Å². The Kier molecular flexibility index (Phi) is 1.42. The van der Waals surface area contributed by atoms with Crippen molar-refractivity contribution in [1.82, 2.24) is 0 Å². The van der Waals surface area contributed by atoms with Crippen molar-refractivity contribution in [2.45, 2.75) is 36.9 Å². The highest BCUT2D eigenvalue weighted by Gasteiger charge is 2.47. The summed E-state index contributed by atoms with van der Waals surface area (Å²) in [5.41, 5.74) is 0. The van der Waals surface area contributed by atoms with Crippen molar-refractivity contribution in [3.63, 3.8) is 0 Å². The summed E-state index contributed by atoms with van der Waals surface area (Å²) in [7, 11) is 0. The summed E-state index contributed by atoms with van der Waals surface area (Å²) in [6, 6.07) is 0. The molecule has 1 heteroatoms. The van der Waals surface area contributed by atoms with Gasteiger partial charge in [-0.05, 0) is 55.8 Å². The van der Waals surface area contributed by atoms with Gasteiger partial charge in [-0.3, -0.25) is 0 Å². The Labute approximate surface area is 76.9 Å². The van der Waals surface area contributed by atoms with Gasteiger partial charge in [0.1, 0.15) is 0 Å². The van der Waals surface area contributed by atoms with E-state index in [0.29, 0.717) is 0 Å². The second-order valence-corrected chi connectivity index (χ2v) is 5.72. The maximum Gasteiger partial charge on any atom is 0.0202 e. The highest BCUT2D eigenvalue weighted by Crippen LogP contribution is 2.56. The lowest BCUT2D eigenvalue weighted by Gasteiger charge is -2.52. The molecule has 4 saturated carbocycles. The lowest BCUT2D eigenvalue weighted by atomic mass is 9.56. The molecule has 1 radical (unpaired) electrons. The van der Waals surface area contributed by atoms with Crippen LogP contribution >= 0.6 is 15.9 Å². The molecule has 0 aromatic carbocycles. The Bertz CT molecular complexity index is 148. The van der Waals surface area contributed by atoms with Crippen LogP contribution in [-0.4, -0.2) is 4.83 Å². The van der Waals surface area contributed by atoms with Crippen LogP contribution in [0.1, 0.15) is 32.1 Å². The van der Waals surface area contributed by atoms with Crippen LogP contribution in [0.25, 0.3) is 0 Å². The molecule has 2 atom stereocenters. The summed E-state index contributed by atoms with van der Waals surface area (Å²) in [4.78, 5) is 0.878. The lowest BCUT2D eigenvalue weighted by molar-refractivity contribution is 0.103. The van der Waals surface area contributed by atoms with Crippen LogP contribution in [0.3, 0.4) is 0 Å². The third kappa shape index (κ3) is 0.929. The van der Waals surface area contributed by atoms with E-state index in [1.165, 1.54) is 32.1 Å². The molecule has 0 N–H and O–H groups in total. The normalized spacial score (nSPS) is 55.4. The first-order valence-electron chi connectivity index (χ1n) is 4.80. The largest absolute Gasteiger partial charge is 0.0885 e. The maximum absolute atomic E-state index is 3.87. The number of alkyl halides is 1. The van der Waals surface area contributed by atoms with Crippen LogP contribution in [0.4, 0.5) is 0 Å². The lowest BCUT2D eigenvalue weighted by Crippen LogP contribution is -2.44. The maximum atomic E-state index is 3.87. The monoisotopic (exact) mass is 213 g/mol. The van der Waals surface area contributed by atoms with Gasteiger partial charge < -0.3 is 0 Å². The van der Waals surface area contributed by atoms with Crippen molar-refractivity contribution in [2.75, 3.05) is 0 Å². The van der Waals surface area contributed by atoms with E-state index in [1.54, 1.807) is 0 Å². The fraction of sp³-hybridized carbons (Fsp3) is 0.900. The van der Waals surface area contributed by atoms with E-state index in [0.717, 1.165) is 22.6 Å². The standard InChI is InChI=1S/C10H14Br/c11-10-8-2-6-1-7(4-8)5-9(10)3-6/h6,8-10H,1-5H2. The molecular weight excluding hydrogens is 200 g/mol. The molecule has 4 aliphatic carbocycles. The van der Waals surface area contributed by atoms with Crippen molar-refractivity contribution in [1.29, 1.82) is 0 Å². The second kappa shape index (κ2) is 2.25. The van der Waals surface area contributed by atoms with Gasteiger partial charge in [-0.15, -0.1) is 0 Å². The van der Waals surface area contributed by atoms with Gasteiger partial charge >= 0.3 is 0 Å². The van der Waals surface area contributed by atoms with Gasteiger partial charge in [0, 0.05) is 4.83 Å². The van der Waals surface area contributed by atoms with E-state index in [1.807, 2.05) is 5.92 Å². The summed E-state index contributed by atoms with van der Waals surface area (Å²) in [6.45, 7) is 0. The predicted octanol–water partition coefficient (Wildman–Crippen LogP) is 3.16. The van der Waals surface area contributed by atoms with Crippen molar-refractivity contribution < 1.29 is 0 Å². The zero-order chi connectivity index (χ0) is 7.42. The highest BCUT2D eigenvalue weighted by atomic mass is 79.9. The first-order chi connectivity index (χ1) is 5.33. The van der Waals surface area contributed by atoms with Gasteiger partial charge in [-0.2, -0.15) is 0 Å². The minimum Gasteiger partial charge on any atom is -0.0885 e. The molecule has 4 rings (SSSR count). The van der Waals surface area contributed by atoms with E-state index < -0.39 is 0 Å². The zero-order valence-corrected chi connectivity index (χ0v) is 8.31. The summed E-state index contributed by atoms with van der Waals surface area (Å²) in [5.74, 6) is 5.04. The molecule has 0 saturated heterocycles. The van der Waals surface area contributed by atoms with Crippen LogP contribution in [0, 0.1) is 23.7 Å². The fourth-order valence-corrected chi connectivity index (χ4v) is 4.36. The third-order valence-electron chi connectivity index (χ3n) is 3.85. The van der Waals surface area contributed by atoms with Crippen LogP contribution in [-0.2, 0) is 0 Å². The van der Waals surface area contributed by atoms with Crippen LogP contribution < -0.4 is 0 Å². The van der Waals surface area contributed by atoms with E-state index in [9.17, 15) is 0 Å². The van der Waals surface area contributed by atoms with Gasteiger partial charge in [0.2, 0.25) is 0 Å². The highest BCUT2D eigenvalue weighted by molar-refractivity contribution is 9.09. The molecule has 61 valence electrons. The molecular formula is C10H14Br. The molecule has 2 unspecified atom stereocenters. The Morgan fingerprint density at radius 2 is 1.64 bits per heavy atom. The smallest absolute Gasteiger partial charge is 0.0202 e. The van der Waals surface area contributed by atoms with Gasteiger partial charge in [-0.1, -0.05) is 15.9 Å². The first kappa shape index (κ1) is 6.94. The van der Waals surface area contributed by atoms with E-state index in [2.05, 4.69) is 15.9 Å². The molecule has 0 amide bonds. The van der Waals surface area contributed by atoms with Crippen molar-refractivity contribution in [2.24, 2.45) is 17.8 Å². The van der Waals surface area contributed by atoms with Crippen LogP contribution in [0.15, 0.2) is 0 Å². The molecule has 0 aromatic rings. The first-order valence-corrected chi connectivity index (χ1v) is 5.72. The quantitative estimate of drug-likeness (QED) is 0.543. The van der Waals surface area contributed by atoms with Crippen LogP contribution in [0.5, 0.6) is 0 Å². The summed E-state index contributed by atoms with van der Waals surface area (Å²) < 4.78 is 0. The number of hydrogen-bond acceptors (Lipinski definition) is 0. The number of rotatable bonds is 0. The van der Waals surface area contributed by atoms with Gasteiger partial charge in [0.05, 0.1) is 0 Å². The Hall–Kier alpha value is 0.480. The van der Waals surface area contributed by atoms with E-state index >= 15 is 0 Å². The Balaban J connectivity index is 1.91. The predicted molar refractivity (Wildman–Crippen MR) is 49.5 cm³/mol.